The maximum absolute atomic E-state index is 12.5. The number of nitrogens with zero attached hydrogens (tertiary/aromatic N) is 2. The van der Waals surface area contributed by atoms with Crippen molar-refractivity contribution in [2.24, 2.45) is 13.0 Å². The molecule has 0 bridgehead atoms. The van der Waals surface area contributed by atoms with Gasteiger partial charge in [0.05, 0.1) is 0 Å². The van der Waals surface area contributed by atoms with Gasteiger partial charge in [0.1, 0.15) is 17.9 Å². The Morgan fingerprint density at radius 3 is 2.46 bits per heavy atom. The smallest absolute Gasteiger partial charge is 0.243 e. The number of amides is 2. The maximum atomic E-state index is 12.5. The molecular formula is C18H20N4O2. The Bertz CT molecular complexity index is 773. The molecule has 1 saturated heterocycles. The van der Waals surface area contributed by atoms with Crippen molar-refractivity contribution in [2.45, 2.75) is 31.3 Å². The molecule has 2 aliphatic rings. The minimum absolute atomic E-state index is 0.0911. The first-order valence-corrected chi connectivity index (χ1v) is 8.25. The minimum atomic E-state index is -0.557. The van der Waals surface area contributed by atoms with E-state index < -0.39 is 12.1 Å². The molecule has 0 radical (unpaired) electrons. The zero-order valence-corrected chi connectivity index (χ0v) is 13.5. The molecule has 1 aliphatic carbocycles. The number of aromatic nitrogens is 2. The lowest BCUT2D eigenvalue weighted by atomic mass is 9.93. The summed E-state index contributed by atoms with van der Waals surface area (Å²) in [5.41, 5.74) is 2.55. The molecule has 0 spiro atoms. The number of carbonyl (C=O) groups is 2. The minimum Gasteiger partial charge on any atom is -0.342 e. The third-order valence-corrected chi connectivity index (χ3v) is 5.07. The molecule has 6 nitrogen and oxygen atoms in total. The SMILES string of the molecule is Cn1ccnc1CC1NC(=O)C(C2Cc3ccccc3C2)NC1=O. The first-order valence-electron chi connectivity index (χ1n) is 8.25. The lowest BCUT2D eigenvalue weighted by Crippen LogP contribution is -2.64. The molecule has 2 amide bonds. The Hall–Kier alpha value is -2.63. The van der Waals surface area contributed by atoms with E-state index in [1.165, 1.54) is 11.1 Å². The van der Waals surface area contributed by atoms with E-state index >= 15 is 0 Å². The van der Waals surface area contributed by atoms with E-state index in [9.17, 15) is 9.59 Å². The van der Waals surface area contributed by atoms with Gasteiger partial charge >= 0.3 is 0 Å². The van der Waals surface area contributed by atoms with Gasteiger partial charge < -0.3 is 15.2 Å². The molecule has 2 heterocycles. The molecule has 6 heteroatoms. The van der Waals surface area contributed by atoms with Gasteiger partial charge in [-0.2, -0.15) is 0 Å². The normalized spacial score (nSPS) is 23.7. The molecule has 1 aliphatic heterocycles. The third kappa shape index (κ3) is 2.58. The monoisotopic (exact) mass is 324 g/mol. The first-order chi connectivity index (χ1) is 11.6. The topological polar surface area (TPSA) is 76.0 Å². The number of benzene rings is 1. The highest BCUT2D eigenvalue weighted by Gasteiger charge is 2.40. The van der Waals surface area contributed by atoms with Crippen LogP contribution in [-0.4, -0.2) is 33.4 Å². The van der Waals surface area contributed by atoms with Gasteiger partial charge in [0.25, 0.3) is 0 Å². The van der Waals surface area contributed by atoms with Crippen molar-refractivity contribution < 1.29 is 9.59 Å². The molecule has 4 rings (SSSR count). The second kappa shape index (κ2) is 5.78. The predicted octanol–water partition coefficient (Wildman–Crippen LogP) is 0.361. The largest absolute Gasteiger partial charge is 0.342 e. The van der Waals surface area contributed by atoms with E-state index in [1.54, 1.807) is 6.20 Å². The second-order valence-corrected chi connectivity index (χ2v) is 6.64. The molecule has 24 heavy (non-hydrogen) atoms. The highest BCUT2D eigenvalue weighted by Crippen LogP contribution is 2.29. The summed E-state index contributed by atoms with van der Waals surface area (Å²) in [7, 11) is 1.88. The van der Waals surface area contributed by atoms with Crippen molar-refractivity contribution in [2.75, 3.05) is 0 Å². The van der Waals surface area contributed by atoms with Gasteiger partial charge in [-0.1, -0.05) is 24.3 Å². The van der Waals surface area contributed by atoms with Gasteiger partial charge in [0, 0.05) is 25.9 Å². The highest BCUT2D eigenvalue weighted by molar-refractivity contribution is 5.97. The van der Waals surface area contributed by atoms with Gasteiger partial charge in [-0.25, -0.2) is 4.98 Å². The average molecular weight is 324 g/mol. The van der Waals surface area contributed by atoms with E-state index in [-0.39, 0.29) is 17.7 Å². The van der Waals surface area contributed by atoms with E-state index in [4.69, 9.17) is 0 Å². The van der Waals surface area contributed by atoms with Crippen LogP contribution >= 0.6 is 0 Å². The van der Waals surface area contributed by atoms with Gasteiger partial charge in [0.2, 0.25) is 11.8 Å². The number of fused-ring (bicyclic) bond motifs is 1. The number of imidazole rings is 1. The highest BCUT2D eigenvalue weighted by atomic mass is 16.2. The molecule has 2 atom stereocenters. The van der Waals surface area contributed by atoms with Crippen LogP contribution < -0.4 is 10.6 Å². The fourth-order valence-corrected chi connectivity index (χ4v) is 3.73. The standard InChI is InChI=1S/C18H20N4O2/c1-22-7-6-19-15(22)10-14-17(23)21-16(18(24)20-14)13-8-11-4-2-3-5-12(11)9-13/h2-7,13-14,16H,8-10H2,1H3,(H,20,24)(H,21,23). The third-order valence-electron chi connectivity index (χ3n) is 5.07. The van der Waals surface area contributed by atoms with Crippen LogP contribution in [0.5, 0.6) is 0 Å². The Kier molecular flexibility index (Phi) is 3.59. The summed E-state index contributed by atoms with van der Waals surface area (Å²) in [6.45, 7) is 0. The molecule has 124 valence electrons. The van der Waals surface area contributed by atoms with Crippen LogP contribution in [0.4, 0.5) is 0 Å². The number of aryl methyl sites for hydroxylation is 1. The van der Waals surface area contributed by atoms with E-state index in [0.717, 1.165) is 18.7 Å². The van der Waals surface area contributed by atoms with Crippen LogP contribution in [0.2, 0.25) is 0 Å². The molecule has 2 aromatic rings. The average Bonchev–Trinajstić information content (AvgIpc) is 3.17. The Labute approximate surface area is 140 Å². The zero-order chi connectivity index (χ0) is 16.7. The van der Waals surface area contributed by atoms with Crippen LogP contribution in [0.15, 0.2) is 36.7 Å². The van der Waals surface area contributed by atoms with Gasteiger partial charge in [0.15, 0.2) is 0 Å². The zero-order valence-electron chi connectivity index (χ0n) is 13.5. The molecular weight excluding hydrogens is 304 g/mol. The fourth-order valence-electron chi connectivity index (χ4n) is 3.73. The number of hydrogen-bond donors (Lipinski definition) is 2. The summed E-state index contributed by atoms with van der Waals surface area (Å²) in [5, 5.41) is 5.82. The maximum Gasteiger partial charge on any atom is 0.243 e. The van der Waals surface area contributed by atoms with Crippen LogP contribution in [0.3, 0.4) is 0 Å². The lowest BCUT2D eigenvalue weighted by molar-refractivity contribution is -0.138. The Morgan fingerprint density at radius 2 is 1.83 bits per heavy atom. The molecule has 0 saturated carbocycles. The summed E-state index contributed by atoms with van der Waals surface area (Å²) in [6, 6.07) is 7.22. The molecule has 1 fully saturated rings. The van der Waals surface area contributed by atoms with Crippen molar-refractivity contribution in [3.63, 3.8) is 0 Å². The van der Waals surface area contributed by atoms with Gasteiger partial charge in [-0.3, -0.25) is 9.59 Å². The Morgan fingerprint density at radius 1 is 1.12 bits per heavy atom. The summed E-state index contributed by atoms with van der Waals surface area (Å²) in [4.78, 5) is 29.2. The second-order valence-electron chi connectivity index (χ2n) is 6.64. The van der Waals surface area contributed by atoms with E-state index in [2.05, 4.69) is 27.8 Å². The van der Waals surface area contributed by atoms with Gasteiger partial charge in [-0.05, 0) is 29.9 Å². The number of carbonyl (C=O) groups excluding carboxylic acids is 2. The summed E-state index contributed by atoms with van der Waals surface area (Å²) < 4.78 is 1.86. The summed E-state index contributed by atoms with van der Waals surface area (Å²) in [5.74, 6) is 0.688. The van der Waals surface area contributed by atoms with Gasteiger partial charge in [-0.15, -0.1) is 0 Å². The lowest BCUT2D eigenvalue weighted by Gasteiger charge is -2.32. The molecule has 1 aromatic heterocycles. The van der Waals surface area contributed by atoms with Crippen molar-refractivity contribution >= 4 is 11.8 Å². The summed E-state index contributed by atoms with van der Waals surface area (Å²) in [6.07, 6.45) is 5.59. The molecule has 2 unspecified atom stereocenters. The fraction of sp³-hybridized carbons (Fsp3) is 0.389. The summed E-state index contributed by atoms with van der Waals surface area (Å²) >= 11 is 0. The van der Waals surface area contributed by atoms with Crippen molar-refractivity contribution in [3.8, 4) is 0 Å². The first kappa shape index (κ1) is 14.9. The van der Waals surface area contributed by atoms with Crippen molar-refractivity contribution in [1.82, 2.24) is 20.2 Å². The van der Waals surface area contributed by atoms with E-state index in [1.807, 2.05) is 29.9 Å². The van der Waals surface area contributed by atoms with Crippen LogP contribution in [0, 0.1) is 5.92 Å². The van der Waals surface area contributed by atoms with Crippen LogP contribution in [0.1, 0.15) is 17.0 Å². The predicted molar refractivity (Wildman–Crippen MR) is 88.1 cm³/mol. The number of piperazine rings is 1. The number of nitrogens with one attached hydrogen (secondary N) is 2. The number of hydrogen-bond acceptors (Lipinski definition) is 3. The van der Waals surface area contributed by atoms with E-state index in [0.29, 0.717) is 6.42 Å². The van der Waals surface area contributed by atoms with Crippen LogP contribution in [0.25, 0.3) is 0 Å². The molecule has 1 aromatic carbocycles. The number of rotatable bonds is 3. The van der Waals surface area contributed by atoms with Crippen LogP contribution in [-0.2, 0) is 35.9 Å². The Balaban J connectivity index is 1.45. The van der Waals surface area contributed by atoms with Crippen molar-refractivity contribution in [3.05, 3.63) is 53.6 Å². The quantitative estimate of drug-likeness (QED) is 0.856. The molecule has 2 N–H and O–H groups in total. The van der Waals surface area contributed by atoms with Crippen molar-refractivity contribution in [1.29, 1.82) is 0 Å².